The quantitative estimate of drug-likeness (QED) is 0.325. The Kier molecular flexibility index (Phi) is 132. The summed E-state index contributed by atoms with van der Waals surface area (Å²) in [6, 6.07) is 0. The molecule has 0 amide bonds. The molecule has 0 aromatic heterocycles. The zero-order valence-corrected chi connectivity index (χ0v) is 4.91. The molecule has 1 radical (unpaired) electrons. The van der Waals surface area contributed by atoms with E-state index in [1.54, 1.807) is 0 Å². The summed E-state index contributed by atoms with van der Waals surface area (Å²) in [4.78, 5) is 0. The molecule has 0 saturated carbocycles. The summed E-state index contributed by atoms with van der Waals surface area (Å²) in [6.45, 7) is 0. The van der Waals surface area contributed by atoms with Crippen molar-refractivity contribution in [2.24, 2.45) is 0 Å². The zero-order chi connectivity index (χ0) is 0. The number of hydrogen-bond acceptors (Lipinski definition) is 0. The molecular formula is H6AgAlLiMg. The van der Waals surface area contributed by atoms with Crippen LogP contribution in [0.1, 0.15) is 4.28 Å². The smallest absolute Gasteiger partial charge is 1.00 e. The van der Waals surface area contributed by atoms with Crippen molar-refractivity contribution in [1.29, 1.82) is 0 Å². The first-order valence-electron chi connectivity index (χ1n) is 0. The van der Waals surface area contributed by atoms with E-state index in [1.807, 2.05) is 0 Å². The van der Waals surface area contributed by atoms with Gasteiger partial charge >= 0.3 is 41.9 Å². The van der Waals surface area contributed by atoms with Crippen LogP contribution in [-0.2, 0) is 22.4 Å². The van der Waals surface area contributed by atoms with E-state index < -0.39 is 0 Å². The van der Waals surface area contributed by atoms with Crippen LogP contribution in [0.5, 0.6) is 0 Å². The van der Waals surface area contributed by atoms with Gasteiger partial charge < -0.3 is 4.28 Å². The fourth-order valence-electron chi connectivity index (χ4n) is 0. The molecule has 0 aliphatic carbocycles. The number of rotatable bonds is 0. The van der Waals surface area contributed by atoms with Gasteiger partial charge in [0.05, 0.1) is 0 Å². The predicted molar refractivity (Wildman–Crippen MR) is 19.0 cm³/mol. The van der Waals surface area contributed by atoms with E-state index >= 15 is 0 Å². The topological polar surface area (TPSA) is 0 Å². The second kappa shape index (κ2) is 17.4. The molecule has 0 unspecified atom stereocenters. The van der Waals surface area contributed by atoms with E-state index in [1.165, 1.54) is 0 Å². The largest absolute Gasteiger partial charge is 2.00 e. The van der Waals surface area contributed by atoms with Crippen LogP contribution in [0.4, 0.5) is 0 Å². The Morgan fingerprint density at radius 2 is 1.25 bits per heavy atom. The van der Waals surface area contributed by atoms with E-state index in [2.05, 4.69) is 0 Å². The van der Waals surface area contributed by atoms with Crippen molar-refractivity contribution in [3.63, 3.8) is 0 Å². The molecule has 0 fully saturated rings. The molecule has 0 aliphatic rings. The molecule has 0 aromatic carbocycles. The molecule has 0 atom stereocenters. The summed E-state index contributed by atoms with van der Waals surface area (Å²) < 4.78 is 0. The van der Waals surface area contributed by atoms with Gasteiger partial charge in [0, 0.05) is 22.4 Å². The molecule has 4 heavy (non-hydrogen) atoms. The van der Waals surface area contributed by atoms with E-state index in [0.717, 1.165) is 0 Å². The molecule has 0 bridgehead atoms. The van der Waals surface area contributed by atoms with Crippen molar-refractivity contribution in [3.8, 4) is 0 Å². The third kappa shape index (κ3) is 8.82. The Balaban J connectivity index is 0. The van der Waals surface area contributed by atoms with Gasteiger partial charge in [-0.1, -0.05) is 0 Å². The van der Waals surface area contributed by atoms with Crippen LogP contribution in [0.3, 0.4) is 0 Å². The number of hydrogen-bond donors (Lipinski definition) is 0. The fourth-order valence-corrected chi connectivity index (χ4v) is 0. The Bertz CT molecular complexity index is 14.9. The third-order valence-electron chi connectivity index (χ3n) is 0. The minimum absolute atomic E-state index is 0. The van der Waals surface area contributed by atoms with Gasteiger partial charge in [-0.25, -0.2) is 0 Å². The average molecular weight is 172 g/mol. The monoisotopic (exact) mass is 171 g/mol. The van der Waals surface area contributed by atoms with Crippen LogP contribution in [0, 0.1) is 0 Å². The summed E-state index contributed by atoms with van der Waals surface area (Å²) in [6.07, 6.45) is 0. The Hall–Kier alpha value is 2.64. The van der Waals surface area contributed by atoms with E-state index in [0.29, 0.717) is 0 Å². The van der Waals surface area contributed by atoms with Crippen molar-refractivity contribution in [1.82, 2.24) is 0 Å². The van der Waals surface area contributed by atoms with E-state index in [-0.39, 0.29) is 85.9 Å². The van der Waals surface area contributed by atoms with Gasteiger partial charge in [-0.05, 0) is 0 Å². The van der Waals surface area contributed by atoms with Gasteiger partial charge in [-0.2, -0.15) is 0 Å². The van der Waals surface area contributed by atoms with Crippen LogP contribution in [0.15, 0.2) is 0 Å². The maximum Gasteiger partial charge on any atom is 2.00 e. The Morgan fingerprint density at radius 3 is 1.25 bits per heavy atom. The molecule has 0 aliphatic heterocycles. The van der Waals surface area contributed by atoms with E-state index in [4.69, 9.17) is 0 Å². The van der Waals surface area contributed by atoms with Crippen molar-refractivity contribution in [2.75, 3.05) is 0 Å². The molecule has 0 rings (SSSR count). The SMILES string of the molecule is [Ag].[AlH3].[H-].[H-].[H-].[Li+].[Mg+2]. The van der Waals surface area contributed by atoms with Gasteiger partial charge in [0.2, 0.25) is 0 Å². The standard InChI is InChI=1S/Ag.Al.Li.Mg.6H/q;;+1;+2;;;;3*-1. The maximum absolute atomic E-state index is 0. The maximum atomic E-state index is 0. The molecule has 0 N–H and O–H groups in total. The van der Waals surface area contributed by atoms with Crippen LogP contribution in [0.25, 0.3) is 0 Å². The first-order valence-corrected chi connectivity index (χ1v) is 0. The normalized spacial score (nSPS) is 0. The fraction of sp³-hybridized carbons (Fsp3) is 0. The third-order valence-corrected chi connectivity index (χ3v) is 0. The van der Waals surface area contributed by atoms with E-state index in [9.17, 15) is 0 Å². The van der Waals surface area contributed by atoms with Crippen molar-refractivity contribution >= 4 is 40.4 Å². The molecule has 4 heteroatoms. The van der Waals surface area contributed by atoms with Crippen LogP contribution >= 0.6 is 0 Å². The molecule has 23 valence electrons. The summed E-state index contributed by atoms with van der Waals surface area (Å²) in [5.41, 5.74) is 0. The summed E-state index contributed by atoms with van der Waals surface area (Å²) in [5.74, 6) is 0. The Morgan fingerprint density at radius 1 is 1.25 bits per heavy atom. The molecule has 0 spiro atoms. The summed E-state index contributed by atoms with van der Waals surface area (Å²) in [7, 11) is 0. The van der Waals surface area contributed by atoms with Crippen molar-refractivity contribution in [3.05, 3.63) is 0 Å². The van der Waals surface area contributed by atoms with Gasteiger partial charge in [0.1, 0.15) is 0 Å². The van der Waals surface area contributed by atoms with Gasteiger partial charge in [-0.3, -0.25) is 0 Å². The molecular weight excluding hydrogens is 166 g/mol. The molecule has 0 aromatic rings. The summed E-state index contributed by atoms with van der Waals surface area (Å²) in [5, 5.41) is 0. The molecule has 0 heterocycles. The van der Waals surface area contributed by atoms with Gasteiger partial charge in [0.25, 0.3) is 0 Å². The van der Waals surface area contributed by atoms with Crippen molar-refractivity contribution < 1.29 is 45.5 Å². The minimum atomic E-state index is 0. The van der Waals surface area contributed by atoms with Gasteiger partial charge in [0.15, 0.2) is 17.4 Å². The van der Waals surface area contributed by atoms with Gasteiger partial charge in [-0.15, -0.1) is 0 Å². The second-order valence-electron chi connectivity index (χ2n) is 0. The first-order chi connectivity index (χ1) is 0. The second-order valence-corrected chi connectivity index (χ2v) is 0. The summed E-state index contributed by atoms with van der Waals surface area (Å²) >= 11 is 0. The molecule has 0 nitrogen and oxygen atoms in total. The average Bonchev–Trinajstić information content (AvgIpc) is 0. The predicted octanol–water partition coefficient (Wildman–Crippen LogP) is -4.23. The first kappa shape index (κ1) is 30.3. The van der Waals surface area contributed by atoms with Crippen molar-refractivity contribution in [2.45, 2.75) is 0 Å². The molecule has 0 saturated heterocycles. The van der Waals surface area contributed by atoms with Crippen LogP contribution in [0.2, 0.25) is 0 Å². The Labute approximate surface area is 84.9 Å². The zero-order valence-electron chi connectivity index (χ0n) is 5.01. The minimum Gasteiger partial charge on any atom is -1.00 e. The van der Waals surface area contributed by atoms with Crippen LogP contribution < -0.4 is 18.9 Å². The van der Waals surface area contributed by atoms with Crippen LogP contribution in [-0.4, -0.2) is 40.4 Å².